The maximum atomic E-state index is 12.1. The highest BCUT2D eigenvalue weighted by molar-refractivity contribution is 8.00. The number of thioether (sulfide) groups is 1. The lowest BCUT2D eigenvalue weighted by Gasteiger charge is -2.27. The summed E-state index contributed by atoms with van der Waals surface area (Å²) < 4.78 is 26.9. The lowest BCUT2D eigenvalue weighted by atomic mass is 9.98. The Morgan fingerprint density at radius 2 is 1.75 bits per heavy atom. The van der Waals surface area contributed by atoms with E-state index >= 15 is 0 Å². The van der Waals surface area contributed by atoms with E-state index < -0.39 is 10.0 Å². The fraction of sp³-hybridized carbons (Fsp3) is 0.571. The number of benzene rings is 1. The van der Waals surface area contributed by atoms with E-state index in [4.69, 9.17) is 5.73 Å². The van der Waals surface area contributed by atoms with E-state index in [0.29, 0.717) is 11.4 Å². The predicted octanol–water partition coefficient (Wildman–Crippen LogP) is 2.86. The van der Waals surface area contributed by atoms with Crippen molar-refractivity contribution in [3.8, 4) is 0 Å². The third-order valence-electron chi connectivity index (χ3n) is 3.46. The second-order valence-corrected chi connectivity index (χ2v) is 8.12. The van der Waals surface area contributed by atoms with Crippen LogP contribution in [0.25, 0.3) is 0 Å². The van der Waals surface area contributed by atoms with Crippen molar-refractivity contribution in [2.45, 2.75) is 44.0 Å². The molecule has 0 heterocycles. The first-order valence-corrected chi connectivity index (χ1v) is 9.44. The second kappa shape index (κ2) is 7.33. The quantitative estimate of drug-likeness (QED) is 0.571. The van der Waals surface area contributed by atoms with Crippen LogP contribution in [0.4, 0.5) is 5.69 Å². The summed E-state index contributed by atoms with van der Waals surface area (Å²) in [5, 5.41) is 0. The highest BCUT2D eigenvalue weighted by atomic mass is 32.2. The van der Waals surface area contributed by atoms with Crippen LogP contribution in [0.1, 0.15) is 33.6 Å². The van der Waals surface area contributed by atoms with Crippen molar-refractivity contribution in [2.75, 3.05) is 17.2 Å². The average Bonchev–Trinajstić information content (AvgIpc) is 2.40. The van der Waals surface area contributed by atoms with E-state index in [9.17, 15) is 8.42 Å². The van der Waals surface area contributed by atoms with Crippen LogP contribution in [0, 0.1) is 0 Å². The molecule has 0 aliphatic heterocycles. The van der Waals surface area contributed by atoms with Crippen LogP contribution < -0.4 is 10.5 Å². The summed E-state index contributed by atoms with van der Waals surface area (Å²) in [7, 11) is -3.24. The summed E-state index contributed by atoms with van der Waals surface area (Å²) in [6.07, 6.45) is 1.57. The molecular weight excluding hydrogens is 292 g/mol. The van der Waals surface area contributed by atoms with E-state index in [1.54, 1.807) is 0 Å². The molecule has 0 aliphatic rings. The van der Waals surface area contributed by atoms with Gasteiger partial charge in [-0.2, -0.15) is 0 Å². The Hall–Kier alpha value is -0.720. The first kappa shape index (κ1) is 17.3. The zero-order valence-electron chi connectivity index (χ0n) is 12.3. The molecule has 0 aromatic heterocycles. The molecule has 6 heteroatoms. The molecule has 4 nitrogen and oxygen atoms in total. The number of nitrogen functional groups attached to an aromatic ring is 1. The Balaban J connectivity index is 2.49. The van der Waals surface area contributed by atoms with Gasteiger partial charge < -0.3 is 5.73 Å². The monoisotopic (exact) mass is 316 g/mol. The lowest BCUT2D eigenvalue weighted by molar-refractivity contribution is 0.389. The number of sulfonamides is 1. The van der Waals surface area contributed by atoms with Crippen LogP contribution in [0.3, 0.4) is 0 Å². The molecule has 3 N–H and O–H groups in total. The molecule has 0 atom stereocenters. The van der Waals surface area contributed by atoms with E-state index in [-0.39, 0.29) is 11.3 Å². The van der Waals surface area contributed by atoms with Crippen LogP contribution in [-0.2, 0) is 10.0 Å². The van der Waals surface area contributed by atoms with Crippen molar-refractivity contribution in [3.63, 3.8) is 0 Å². The molecule has 0 amide bonds. The standard InChI is InChI=1S/C14H24N2O2S2/c1-4-14(3,5-2)16-20(17,18)11-10-19-13-8-6-12(15)7-9-13/h6-9,16H,4-5,10-11,15H2,1-3H3. The predicted molar refractivity (Wildman–Crippen MR) is 87.5 cm³/mol. The van der Waals surface area contributed by atoms with Gasteiger partial charge in [-0.05, 0) is 44.0 Å². The molecule has 1 aromatic rings. The van der Waals surface area contributed by atoms with Gasteiger partial charge in [0.1, 0.15) is 0 Å². The Morgan fingerprint density at radius 1 is 1.20 bits per heavy atom. The number of nitrogens with two attached hydrogens (primary N) is 1. The molecule has 0 aliphatic carbocycles. The van der Waals surface area contributed by atoms with Crippen molar-refractivity contribution < 1.29 is 8.42 Å². The van der Waals surface area contributed by atoms with Gasteiger partial charge in [-0.15, -0.1) is 11.8 Å². The third-order valence-corrected chi connectivity index (χ3v) is 6.28. The molecule has 0 spiro atoms. The van der Waals surface area contributed by atoms with E-state index in [2.05, 4.69) is 4.72 Å². The van der Waals surface area contributed by atoms with Crippen LogP contribution >= 0.6 is 11.8 Å². The van der Waals surface area contributed by atoms with Crippen molar-refractivity contribution in [2.24, 2.45) is 0 Å². The van der Waals surface area contributed by atoms with Gasteiger partial charge in [0.25, 0.3) is 0 Å². The molecule has 1 rings (SSSR count). The van der Waals surface area contributed by atoms with E-state index in [0.717, 1.165) is 17.7 Å². The molecule has 0 fully saturated rings. The molecule has 0 saturated carbocycles. The number of hydrogen-bond acceptors (Lipinski definition) is 4. The van der Waals surface area contributed by atoms with Crippen molar-refractivity contribution in [1.29, 1.82) is 0 Å². The van der Waals surface area contributed by atoms with Gasteiger partial charge in [0.15, 0.2) is 0 Å². The minimum atomic E-state index is -3.24. The molecule has 0 radical (unpaired) electrons. The Bertz CT molecular complexity index is 508. The van der Waals surface area contributed by atoms with Crippen LogP contribution in [0.2, 0.25) is 0 Å². The van der Waals surface area contributed by atoms with Crippen LogP contribution in [-0.4, -0.2) is 25.5 Å². The third kappa shape index (κ3) is 5.73. The largest absolute Gasteiger partial charge is 0.399 e. The normalized spacial score (nSPS) is 12.6. The number of rotatable bonds is 8. The van der Waals surface area contributed by atoms with Crippen molar-refractivity contribution in [3.05, 3.63) is 24.3 Å². The number of nitrogens with one attached hydrogen (secondary N) is 1. The average molecular weight is 316 g/mol. The molecule has 0 saturated heterocycles. The first-order chi connectivity index (χ1) is 9.30. The minimum absolute atomic E-state index is 0.123. The topological polar surface area (TPSA) is 72.2 Å². The van der Waals surface area contributed by atoms with Crippen molar-refractivity contribution in [1.82, 2.24) is 4.72 Å². The lowest BCUT2D eigenvalue weighted by Crippen LogP contribution is -2.46. The smallest absolute Gasteiger partial charge is 0.212 e. The van der Waals surface area contributed by atoms with Crippen molar-refractivity contribution >= 4 is 27.5 Å². The molecule has 0 bridgehead atoms. The molecule has 0 unspecified atom stereocenters. The van der Waals surface area contributed by atoms with Gasteiger partial charge in [-0.3, -0.25) is 0 Å². The summed E-state index contributed by atoms with van der Waals surface area (Å²) in [4.78, 5) is 1.03. The van der Waals surface area contributed by atoms with Gasteiger partial charge in [-0.1, -0.05) is 13.8 Å². The maximum absolute atomic E-state index is 12.1. The van der Waals surface area contributed by atoms with Gasteiger partial charge in [-0.25, -0.2) is 13.1 Å². The molecular formula is C14H24N2O2S2. The van der Waals surface area contributed by atoms with Gasteiger partial charge in [0, 0.05) is 21.9 Å². The zero-order valence-corrected chi connectivity index (χ0v) is 14.0. The summed E-state index contributed by atoms with van der Waals surface area (Å²) in [6.45, 7) is 5.93. The number of anilines is 1. The summed E-state index contributed by atoms with van der Waals surface area (Å²) in [5.74, 6) is 0.653. The SMILES string of the molecule is CCC(C)(CC)NS(=O)(=O)CCSc1ccc(N)cc1. The molecule has 114 valence electrons. The van der Waals surface area contributed by atoms with E-state index in [1.165, 1.54) is 11.8 Å². The van der Waals surface area contributed by atoms with Crippen LogP contribution in [0.5, 0.6) is 0 Å². The summed E-state index contributed by atoms with van der Waals surface area (Å²) in [5.41, 5.74) is 5.98. The Kier molecular flexibility index (Phi) is 6.36. The Morgan fingerprint density at radius 3 is 2.25 bits per heavy atom. The van der Waals surface area contributed by atoms with Gasteiger partial charge in [0.05, 0.1) is 5.75 Å². The number of hydrogen-bond donors (Lipinski definition) is 2. The van der Waals surface area contributed by atoms with Crippen LogP contribution in [0.15, 0.2) is 29.2 Å². The second-order valence-electron chi connectivity index (χ2n) is 5.11. The van der Waals surface area contributed by atoms with Gasteiger partial charge >= 0.3 is 0 Å². The fourth-order valence-corrected chi connectivity index (χ4v) is 4.57. The highest BCUT2D eigenvalue weighted by Gasteiger charge is 2.25. The molecule has 1 aromatic carbocycles. The van der Waals surface area contributed by atoms with E-state index in [1.807, 2.05) is 45.0 Å². The first-order valence-electron chi connectivity index (χ1n) is 6.80. The summed E-state index contributed by atoms with van der Waals surface area (Å²) in [6, 6.07) is 7.45. The molecule has 20 heavy (non-hydrogen) atoms. The maximum Gasteiger partial charge on any atom is 0.212 e. The summed E-state index contributed by atoms with van der Waals surface area (Å²) >= 11 is 1.52. The zero-order chi connectivity index (χ0) is 15.2. The minimum Gasteiger partial charge on any atom is -0.399 e. The van der Waals surface area contributed by atoms with Gasteiger partial charge in [0.2, 0.25) is 10.0 Å². The Labute approximate surface area is 126 Å². The highest BCUT2D eigenvalue weighted by Crippen LogP contribution is 2.20. The fourth-order valence-electron chi connectivity index (χ4n) is 1.65.